The van der Waals surface area contributed by atoms with Crippen LogP contribution in [0, 0.1) is 6.92 Å². The van der Waals surface area contributed by atoms with Crippen molar-refractivity contribution in [3.05, 3.63) is 64.4 Å². The Morgan fingerprint density at radius 2 is 0.800 bits per heavy atom. The molecule has 0 N–H and O–H groups in total. The quantitative estimate of drug-likeness (QED) is 0.267. The van der Waals surface area contributed by atoms with Gasteiger partial charge in [0.25, 0.3) is 0 Å². The van der Waals surface area contributed by atoms with Crippen molar-refractivity contribution in [1.29, 1.82) is 0 Å². The first-order chi connectivity index (χ1) is 22.3. The maximum Gasteiger partial charge on any atom is 1.00 e. The number of hydrogen-bond donors (Lipinski definition) is 0. The summed E-state index contributed by atoms with van der Waals surface area (Å²) in [6.07, 6.45) is 2.40. The summed E-state index contributed by atoms with van der Waals surface area (Å²) in [7, 11) is -1.21. The Balaban J connectivity index is 0.000000402. The summed E-state index contributed by atoms with van der Waals surface area (Å²) in [5.41, 5.74) is 0.0933. The predicted octanol–water partition coefficient (Wildman–Crippen LogP) is 6.12. The second kappa shape index (κ2) is 19.0. The fraction of sp³-hybridized carbons (Fsp3) is 0.649. The monoisotopic (exact) mass is 814 g/mol. The van der Waals surface area contributed by atoms with Crippen molar-refractivity contribution in [2.24, 2.45) is 0 Å². The van der Waals surface area contributed by atoms with Crippen LogP contribution in [0.15, 0.2) is 57.5 Å². The van der Waals surface area contributed by atoms with Gasteiger partial charge in [0, 0.05) is 15.0 Å². The SMILES string of the molecule is Brc1ccc(Br)cc1.CC(C)OB1OC(C)(C)C(C)(C)O1.CC1(C)OB(c2ccc(B3OC(C)(C)C(C)(C)O3)cc2)OC1(C)C.[CH2-]CCC.[Li+]. The van der Waals surface area contributed by atoms with Gasteiger partial charge in [-0.25, -0.2) is 0 Å². The Morgan fingerprint density at radius 3 is 1.02 bits per heavy atom. The number of hydrogen-bond acceptors (Lipinski definition) is 7. The molecule has 5 rings (SSSR count). The minimum atomic E-state index is -0.523. The van der Waals surface area contributed by atoms with E-state index >= 15 is 0 Å². The molecule has 0 saturated carbocycles. The van der Waals surface area contributed by atoms with Crippen LogP contribution in [-0.2, 0) is 32.6 Å². The van der Waals surface area contributed by atoms with Crippen LogP contribution in [0.4, 0.5) is 0 Å². The van der Waals surface area contributed by atoms with E-state index in [4.69, 9.17) is 32.6 Å². The molecule has 0 spiro atoms. The van der Waals surface area contributed by atoms with Crippen LogP contribution in [0.5, 0.6) is 0 Å². The number of rotatable bonds is 5. The van der Waals surface area contributed by atoms with E-state index in [2.05, 4.69) is 101 Å². The Bertz CT molecular complexity index is 1180. The van der Waals surface area contributed by atoms with E-state index in [9.17, 15) is 0 Å². The second-order valence-electron chi connectivity index (χ2n) is 15.9. The van der Waals surface area contributed by atoms with E-state index in [-0.39, 0.29) is 72.8 Å². The van der Waals surface area contributed by atoms with Gasteiger partial charge in [0.1, 0.15) is 0 Å². The van der Waals surface area contributed by atoms with E-state index in [1.165, 1.54) is 6.42 Å². The van der Waals surface area contributed by atoms with Gasteiger partial charge < -0.3 is 39.5 Å². The third-order valence-electron chi connectivity index (χ3n) is 9.76. The zero-order chi connectivity index (χ0) is 37.6. The molecule has 50 heavy (non-hydrogen) atoms. The van der Waals surface area contributed by atoms with Gasteiger partial charge in [-0.05, 0) is 132 Å². The van der Waals surface area contributed by atoms with Crippen molar-refractivity contribution in [2.75, 3.05) is 0 Å². The second-order valence-corrected chi connectivity index (χ2v) is 17.7. The van der Waals surface area contributed by atoms with Gasteiger partial charge in [0.2, 0.25) is 0 Å². The molecular weight excluding hydrogens is 756 g/mol. The molecule has 0 aliphatic carbocycles. The van der Waals surface area contributed by atoms with Gasteiger partial charge in [-0.3, -0.25) is 0 Å². The zero-order valence-corrected chi connectivity index (χ0v) is 36.8. The molecule has 0 aromatic heterocycles. The van der Waals surface area contributed by atoms with Gasteiger partial charge in [0.05, 0.1) is 33.6 Å². The minimum absolute atomic E-state index is 0. The topological polar surface area (TPSA) is 64.6 Å². The fourth-order valence-electron chi connectivity index (χ4n) is 4.26. The standard InChI is InChI=1S/C18H28B2O4.C9H19BO3.C6H4Br2.C4H9.Li/c1-15(2)16(3,4)22-19(21-15)13-9-11-14(12-10-13)20-23-17(5,6)18(7,8)24-20;1-7(2)11-10-12-8(3,4)9(5,6)13-10;7-5-1-2-6(8)4-3-5;1-3-4-2;/h9-12H,1-8H3;7H,1-6H3;1-4H;1,3-4H2,2H3;/q;;;-1;+1. The molecule has 0 unspecified atom stereocenters. The van der Waals surface area contributed by atoms with Gasteiger partial charge >= 0.3 is 40.4 Å². The molecule has 7 nitrogen and oxygen atoms in total. The van der Waals surface area contributed by atoms with Crippen molar-refractivity contribution in [3.8, 4) is 0 Å². The third kappa shape index (κ3) is 13.0. The van der Waals surface area contributed by atoms with Crippen LogP contribution < -0.4 is 29.8 Å². The van der Waals surface area contributed by atoms with E-state index in [1.54, 1.807) is 0 Å². The molecular formula is C37H60B3Br2LiO7. The predicted molar refractivity (Wildman–Crippen MR) is 212 cm³/mol. The number of unbranched alkanes of at least 4 members (excludes halogenated alkanes) is 1. The molecule has 3 aliphatic rings. The molecule has 3 fully saturated rings. The third-order valence-corrected chi connectivity index (χ3v) is 10.8. The summed E-state index contributed by atoms with van der Waals surface area (Å²) >= 11 is 6.65. The molecule has 2 aromatic carbocycles. The van der Waals surface area contributed by atoms with Crippen molar-refractivity contribution in [3.63, 3.8) is 0 Å². The Kier molecular flexibility index (Phi) is 18.2. The summed E-state index contributed by atoms with van der Waals surface area (Å²) in [6.45, 7) is 34.2. The first kappa shape index (κ1) is 47.9. The van der Waals surface area contributed by atoms with Gasteiger partial charge in [0.15, 0.2) is 0 Å². The van der Waals surface area contributed by atoms with Gasteiger partial charge in [-0.2, -0.15) is 6.42 Å². The normalized spacial score (nSPS) is 21.6. The summed E-state index contributed by atoms with van der Waals surface area (Å²) < 4.78 is 43.3. The summed E-state index contributed by atoms with van der Waals surface area (Å²) in [4.78, 5) is 0. The Hall–Kier alpha value is -0.0878. The fourth-order valence-corrected chi connectivity index (χ4v) is 4.79. The molecule has 3 heterocycles. The van der Waals surface area contributed by atoms with Crippen molar-refractivity contribution < 1.29 is 51.4 Å². The molecule has 0 atom stereocenters. The summed E-state index contributed by atoms with van der Waals surface area (Å²) in [5.74, 6) is 0. The molecule has 3 saturated heterocycles. The Labute approximate surface area is 334 Å². The van der Waals surface area contributed by atoms with Crippen LogP contribution >= 0.6 is 31.9 Å². The van der Waals surface area contributed by atoms with E-state index in [0.29, 0.717) is 0 Å². The molecule has 2 aromatic rings. The smallest absolute Gasteiger partial charge is 0.399 e. The van der Waals surface area contributed by atoms with Crippen LogP contribution in [-0.4, -0.2) is 61.3 Å². The number of halogens is 2. The van der Waals surface area contributed by atoms with Crippen molar-refractivity contribution in [2.45, 2.75) is 156 Å². The largest absolute Gasteiger partial charge is 1.00 e. The van der Waals surface area contributed by atoms with Crippen LogP contribution in [0.25, 0.3) is 0 Å². The van der Waals surface area contributed by atoms with E-state index in [0.717, 1.165) is 26.3 Å². The van der Waals surface area contributed by atoms with Gasteiger partial charge in [-0.1, -0.05) is 69.5 Å². The first-order valence-electron chi connectivity index (χ1n) is 17.3. The summed E-state index contributed by atoms with van der Waals surface area (Å²) in [5, 5.41) is 0. The van der Waals surface area contributed by atoms with Crippen LogP contribution in [0.3, 0.4) is 0 Å². The number of benzene rings is 2. The van der Waals surface area contributed by atoms with Crippen molar-refractivity contribution >= 4 is 64.3 Å². The molecule has 0 radical (unpaired) electrons. The Morgan fingerprint density at radius 1 is 0.560 bits per heavy atom. The average Bonchev–Trinajstić information content (AvgIpc) is 3.43. The molecule has 13 heteroatoms. The van der Waals surface area contributed by atoms with E-state index in [1.807, 2.05) is 90.1 Å². The maximum absolute atomic E-state index is 6.10. The molecule has 0 bridgehead atoms. The van der Waals surface area contributed by atoms with Crippen LogP contribution in [0.1, 0.15) is 117 Å². The first-order valence-corrected chi connectivity index (χ1v) is 18.9. The molecule has 0 amide bonds. The van der Waals surface area contributed by atoms with Crippen molar-refractivity contribution in [1.82, 2.24) is 0 Å². The van der Waals surface area contributed by atoms with E-state index < -0.39 is 7.32 Å². The average molecular weight is 816 g/mol. The van der Waals surface area contributed by atoms with Gasteiger partial charge in [-0.15, -0.1) is 0 Å². The molecule has 3 aliphatic heterocycles. The zero-order valence-electron chi connectivity index (χ0n) is 33.7. The van der Waals surface area contributed by atoms with Crippen LogP contribution in [0.2, 0.25) is 0 Å². The molecule has 274 valence electrons. The maximum atomic E-state index is 6.10. The minimum Gasteiger partial charge on any atom is -0.399 e. The summed E-state index contributed by atoms with van der Waals surface area (Å²) in [6, 6.07) is 16.1.